The van der Waals surface area contributed by atoms with Crippen molar-refractivity contribution in [2.75, 3.05) is 32.8 Å². The average Bonchev–Trinajstić information content (AvgIpc) is 3.08. The van der Waals surface area contributed by atoms with E-state index in [0.717, 1.165) is 76.8 Å². The molecule has 0 aromatic heterocycles. The number of rotatable bonds is 4. The van der Waals surface area contributed by atoms with Crippen LogP contribution in [0.5, 0.6) is 0 Å². The van der Waals surface area contributed by atoms with Gasteiger partial charge in [0, 0.05) is 31.5 Å². The Kier molecular flexibility index (Phi) is 5.96. The van der Waals surface area contributed by atoms with E-state index in [1.807, 2.05) is 0 Å². The molecule has 0 N–H and O–H groups in total. The Morgan fingerprint density at radius 1 is 1.06 bits per heavy atom. The van der Waals surface area contributed by atoms with Gasteiger partial charge in [-0.1, -0.05) is 13.8 Å². The van der Waals surface area contributed by atoms with Crippen LogP contribution in [0.4, 0.5) is 0 Å². The zero-order valence-corrected chi connectivity index (χ0v) is 19.6. The molecule has 0 radical (unpaired) electrons. The van der Waals surface area contributed by atoms with Crippen LogP contribution in [-0.2, 0) is 19.1 Å². The Balaban J connectivity index is 1.17. The summed E-state index contributed by atoms with van der Waals surface area (Å²) >= 11 is 0. The highest BCUT2D eigenvalue weighted by Gasteiger charge is 2.60. The van der Waals surface area contributed by atoms with Gasteiger partial charge < -0.3 is 9.47 Å². The SMILES string of the molecule is C[C@]12CCC3C(CC[C@H]4CC(OC(=O)CCN5CCOCC5)CC[C@]34C)C1CCC2=O. The largest absolute Gasteiger partial charge is 0.462 e. The van der Waals surface area contributed by atoms with Gasteiger partial charge in [-0.15, -0.1) is 0 Å². The molecular formula is C26H41NO4. The van der Waals surface area contributed by atoms with Crippen LogP contribution in [0.2, 0.25) is 0 Å². The van der Waals surface area contributed by atoms with Crippen LogP contribution in [0.3, 0.4) is 0 Å². The number of morpholine rings is 1. The summed E-state index contributed by atoms with van der Waals surface area (Å²) in [4.78, 5) is 27.4. The van der Waals surface area contributed by atoms with Crippen molar-refractivity contribution in [2.24, 2.45) is 34.5 Å². The Morgan fingerprint density at radius 2 is 1.87 bits per heavy atom. The van der Waals surface area contributed by atoms with Crippen molar-refractivity contribution >= 4 is 11.8 Å². The summed E-state index contributed by atoms with van der Waals surface area (Å²) in [6, 6.07) is 0. The fraction of sp³-hybridized carbons (Fsp3) is 0.923. The van der Waals surface area contributed by atoms with Gasteiger partial charge in [0.1, 0.15) is 11.9 Å². The molecule has 4 aliphatic carbocycles. The summed E-state index contributed by atoms with van der Waals surface area (Å²) in [6.07, 6.45) is 10.6. The van der Waals surface area contributed by atoms with Crippen molar-refractivity contribution in [1.82, 2.24) is 4.90 Å². The maximum Gasteiger partial charge on any atom is 0.307 e. The Morgan fingerprint density at radius 3 is 2.68 bits per heavy atom. The van der Waals surface area contributed by atoms with Gasteiger partial charge in [-0.2, -0.15) is 0 Å². The Bertz CT molecular complexity index is 704. The van der Waals surface area contributed by atoms with Crippen molar-refractivity contribution in [1.29, 1.82) is 0 Å². The number of carbonyl (C=O) groups is 2. The van der Waals surface area contributed by atoms with Gasteiger partial charge in [-0.3, -0.25) is 14.5 Å². The molecule has 0 aromatic rings. The van der Waals surface area contributed by atoms with E-state index < -0.39 is 0 Å². The molecule has 4 unspecified atom stereocenters. The highest BCUT2D eigenvalue weighted by molar-refractivity contribution is 5.87. The zero-order valence-electron chi connectivity index (χ0n) is 19.6. The lowest BCUT2D eigenvalue weighted by Crippen LogP contribution is -2.54. The minimum atomic E-state index is -0.0302. The standard InChI is InChI=1S/C26H41NO4/c1-25-10-7-19(31-24(29)9-12-27-13-15-30-16-14-27)17-18(25)3-4-20-21-5-6-23(28)26(21,2)11-8-22(20)25/h18-22H,3-17H2,1-2H3/t18-,19?,20?,21?,22?,25-,26-/m0/s1. The lowest BCUT2D eigenvalue weighted by atomic mass is 9.45. The summed E-state index contributed by atoms with van der Waals surface area (Å²) in [6.45, 7) is 8.98. The molecule has 5 rings (SSSR count). The van der Waals surface area contributed by atoms with Crippen LogP contribution in [-0.4, -0.2) is 55.6 Å². The Labute approximate surface area is 187 Å². The van der Waals surface area contributed by atoms with Crippen LogP contribution in [0.15, 0.2) is 0 Å². The second kappa shape index (κ2) is 8.44. The van der Waals surface area contributed by atoms with Gasteiger partial charge in [0.05, 0.1) is 19.6 Å². The number of hydrogen-bond donors (Lipinski definition) is 0. The number of ketones is 1. The summed E-state index contributed by atoms with van der Waals surface area (Å²) in [5.74, 6) is 3.29. The van der Waals surface area contributed by atoms with E-state index in [1.54, 1.807) is 0 Å². The minimum Gasteiger partial charge on any atom is -0.462 e. The van der Waals surface area contributed by atoms with E-state index in [1.165, 1.54) is 25.7 Å². The highest BCUT2D eigenvalue weighted by Crippen LogP contribution is 2.65. The van der Waals surface area contributed by atoms with E-state index in [-0.39, 0.29) is 17.5 Å². The molecule has 1 heterocycles. The Hall–Kier alpha value is -0.940. The molecule has 4 saturated carbocycles. The molecule has 5 aliphatic rings. The molecule has 5 nitrogen and oxygen atoms in total. The highest BCUT2D eigenvalue weighted by atomic mass is 16.5. The van der Waals surface area contributed by atoms with Crippen LogP contribution < -0.4 is 0 Å². The van der Waals surface area contributed by atoms with Crippen molar-refractivity contribution in [2.45, 2.75) is 84.2 Å². The van der Waals surface area contributed by atoms with Crippen LogP contribution in [0, 0.1) is 34.5 Å². The third kappa shape index (κ3) is 3.88. The van der Waals surface area contributed by atoms with Gasteiger partial charge in [-0.05, 0) is 80.5 Å². The summed E-state index contributed by atoms with van der Waals surface area (Å²) in [7, 11) is 0. The normalized spacial score (nSPS) is 45.5. The van der Waals surface area contributed by atoms with Crippen molar-refractivity contribution in [3.8, 4) is 0 Å². The molecule has 0 spiro atoms. The zero-order chi connectivity index (χ0) is 21.6. The van der Waals surface area contributed by atoms with Gasteiger partial charge in [0.15, 0.2) is 0 Å². The predicted molar refractivity (Wildman–Crippen MR) is 118 cm³/mol. The monoisotopic (exact) mass is 431 g/mol. The van der Waals surface area contributed by atoms with Gasteiger partial charge in [0.2, 0.25) is 0 Å². The first-order chi connectivity index (χ1) is 14.9. The van der Waals surface area contributed by atoms with Crippen LogP contribution >= 0.6 is 0 Å². The smallest absolute Gasteiger partial charge is 0.307 e. The number of fused-ring (bicyclic) bond motifs is 5. The molecule has 0 amide bonds. The summed E-state index contributed by atoms with van der Waals surface area (Å²) in [5, 5.41) is 0. The van der Waals surface area contributed by atoms with E-state index in [0.29, 0.717) is 29.5 Å². The molecular weight excluding hydrogens is 390 g/mol. The van der Waals surface area contributed by atoms with E-state index in [2.05, 4.69) is 18.7 Å². The van der Waals surface area contributed by atoms with E-state index in [9.17, 15) is 9.59 Å². The number of ether oxygens (including phenoxy) is 2. The molecule has 174 valence electrons. The fourth-order valence-corrected chi connectivity index (χ4v) is 8.42. The first-order valence-corrected chi connectivity index (χ1v) is 12.9. The lowest BCUT2D eigenvalue weighted by Gasteiger charge is -2.60. The molecule has 5 fully saturated rings. The fourth-order valence-electron chi connectivity index (χ4n) is 8.42. The van der Waals surface area contributed by atoms with Gasteiger partial charge in [0.25, 0.3) is 0 Å². The van der Waals surface area contributed by atoms with Crippen molar-refractivity contribution in [3.63, 3.8) is 0 Å². The van der Waals surface area contributed by atoms with Crippen LogP contribution in [0.25, 0.3) is 0 Å². The number of Topliss-reactive ketones (excluding diaryl/α,β-unsaturated/α-hetero) is 1. The van der Waals surface area contributed by atoms with E-state index >= 15 is 0 Å². The average molecular weight is 432 g/mol. The molecule has 0 aromatic carbocycles. The van der Waals surface area contributed by atoms with Crippen molar-refractivity contribution in [3.05, 3.63) is 0 Å². The van der Waals surface area contributed by atoms with Gasteiger partial charge in [-0.25, -0.2) is 0 Å². The topological polar surface area (TPSA) is 55.8 Å². The first-order valence-electron chi connectivity index (χ1n) is 12.9. The maximum atomic E-state index is 12.6. The lowest BCUT2D eigenvalue weighted by molar-refractivity contribution is -0.162. The summed E-state index contributed by atoms with van der Waals surface area (Å²) in [5.41, 5.74) is 0.337. The number of carbonyl (C=O) groups excluding carboxylic acids is 2. The van der Waals surface area contributed by atoms with Crippen molar-refractivity contribution < 1.29 is 19.1 Å². The molecule has 5 heteroatoms. The quantitative estimate of drug-likeness (QED) is 0.624. The molecule has 31 heavy (non-hydrogen) atoms. The summed E-state index contributed by atoms with van der Waals surface area (Å²) < 4.78 is 11.4. The predicted octanol–water partition coefficient (Wildman–Crippen LogP) is 4.23. The minimum absolute atomic E-state index is 0.0216. The van der Waals surface area contributed by atoms with Crippen LogP contribution in [0.1, 0.15) is 78.1 Å². The van der Waals surface area contributed by atoms with Gasteiger partial charge >= 0.3 is 5.97 Å². The second-order valence-corrected chi connectivity index (χ2v) is 11.7. The first kappa shape index (κ1) is 21.9. The third-order valence-electron chi connectivity index (χ3n) is 10.4. The van der Waals surface area contributed by atoms with E-state index in [4.69, 9.17) is 9.47 Å². The second-order valence-electron chi connectivity index (χ2n) is 11.7. The molecule has 1 aliphatic heterocycles. The maximum absolute atomic E-state index is 12.6. The molecule has 7 atom stereocenters. The number of hydrogen-bond acceptors (Lipinski definition) is 5. The molecule has 0 bridgehead atoms. The third-order valence-corrected chi connectivity index (χ3v) is 10.4. The number of esters is 1. The molecule has 1 saturated heterocycles. The number of nitrogens with zero attached hydrogens (tertiary/aromatic N) is 1.